The minimum atomic E-state index is -2.01. The molecule has 2 aliphatic carbocycles. The molecule has 25 heavy (non-hydrogen) atoms. The number of Topliss-reactive ketones (excluding diaryl/α,β-unsaturated/α-hetero) is 2. The molecule has 2 fully saturated rings. The van der Waals surface area contributed by atoms with Crippen LogP contribution in [0, 0.1) is 11.8 Å². The molecule has 1 aliphatic heterocycles. The number of phenolic OH excluding ortho intramolecular Hbond substituents is 2. The molecule has 1 aromatic rings. The van der Waals surface area contributed by atoms with E-state index in [0.717, 1.165) is 0 Å². The van der Waals surface area contributed by atoms with Crippen molar-refractivity contribution in [2.24, 2.45) is 11.8 Å². The van der Waals surface area contributed by atoms with E-state index >= 15 is 0 Å². The normalized spacial score (nSPS) is 36.5. The Kier molecular flexibility index (Phi) is 3.30. The molecule has 1 saturated heterocycles. The second-order valence-corrected chi connectivity index (χ2v) is 12.9. The smallest absolute Gasteiger partial charge is 0.184 e. The minimum Gasteiger partial charge on any atom is -0.507 e. The van der Waals surface area contributed by atoms with Gasteiger partial charge in [0.05, 0.1) is 29.3 Å². The highest BCUT2D eigenvalue weighted by Crippen LogP contribution is 2.57. The van der Waals surface area contributed by atoms with E-state index in [0.29, 0.717) is 6.42 Å². The number of fused-ring (bicyclic) bond motifs is 3. The summed E-state index contributed by atoms with van der Waals surface area (Å²) in [4.78, 5) is 26.3. The lowest BCUT2D eigenvalue weighted by Gasteiger charge is -2.43. The van der Waals surface area contributed by atoms with Crippen LogP contribution in [0.5, 0.6) is 11.5 Å². The number of carbonyl (C=O) groups excluding carboxylic acids is 2. The molecule has 0 amide bonds. The lowest BCUT2D eigenvalue weighted by atomic mass is 9.63. The van der Waals surface area contributed by atoms with Gasteiger partial charge in [-0.05, 0) is 45.1 Å². The molecule has 134 valence electrons. The Bertz CT molecular complexity index is 797. The van der Waals surface area contributed by atoms with E-state index in [2.05, 4.69) is 0 Å². The van der Waals surface area contributed by atoms with E-state index in [-0.39, 0.29) is 40.3 Å². The first-order valence-corrected chi connectivity index (χ1v) is 11.9. The number of benzene rings is 1. The van der Waals surface area contributed by atoms with Crippen LogP contribution in [0.4, 0.5) is 0 Å². The molecule has 5 atom stereocenters. The molecule has 0 unspecified atom stereocenters. The summed E-state index contributed by atoms with van der Waals surface area (Å²) >= 11 is 0. The Morgan fingerprint density at radius 2 is 1.68 bits per heavy atom. The largest absolute Gasteiger partial charge is 0.507 e. The SMILES string of the molecule is C[C@]12O[C@H]1C[C@@H]1C(=O)c3c(O)ccc(O)c3C(=O)[C@@H]1[C@@H]2O[Si](C)(C)C. The first-order chi connectivity index (χ1) is 11.5. The van der Waals surface area contributed by atoms with Gasteiger partial charge in [-0.25, -0.2) is 0 Å². The van der Waals surface area contributed by atoms with Gasteiger partial charge in [-0.15, -0.1) is 0 Å². The van der Waals surface area contributed by atoms with Gasteiger partial charge in [0.2, 0.25) is 0 Å². The third-order valence-corrected chi connectivity index (χ3v) is 6.51. The molecule has 1 aromatic carbocycles. The summed E-state index contributed by atoms with van der Waals surface area (Å²) in [6, 6.07) is 2.49. The topological polar surface area (TPSA) is 96.4 Å². The zero-order chi connectivity index (χ0) is 18.3. The number of rotatable bonds is 2. The Morgan fingerprint density at radius 1 is 1.12 bits per heavy atom. The lowest BCUT2D eigenvalue weighted by Crippen LogP contribution is -2.56. The van der Waals surface area contributed by atoms with Crippen molar-refractivity contribution in [1.29, 1.82) is 0 Å². The van der Waals surface area contributed by atoms with Crippen LogP contribution in [0.25, 0.3) is 0 Å². The predicted molar refractivity (Wildman–Crippen MR) is 91.5 cm³/mol. The molecule has 0 aromatic heterocycles. The van der Waals surface area contributed by atoms with Crippen molar-refractivity contribution >= 4 is 19.9 Å². The lowest BCUT2D eigenvalue weighted by molar-refractivity contribution is 0.0166. The zero-order valence-electron chi connectivity index (χ0n) is 14.7. The first kappa shape index (κ1) is 16.7. The van der Waals surface area contributed by atoms with Gasteiger partial charge in [0.15, 0.2) is 19.9 Å². The van der Waals surface area contributed by atoms with Crippen molar-refractivity contribution in [3.8, 4) is 11.5 Å². The van der Waals surface area contributed by atoms with Gasteiger partial charge in [0.25, 0.3) is 0 Å². The summed E-state index contributed by atoms with van der Waals surface area (Å²) in [6.45, 7) is 8.02. The number of hydrogen-bond donors (Lipinski definition) is 2. The summed E-state index contributed by atoms with van der Waals surface area (Å²) < 4.78 is 12.1. The van der Waals surface area contributed by atoms with Crippen molar-refractivity contribution in [1.82, 2.24) is 0 Å². The summed E-state index contributed by atoms with van der Waals surface area (Å²) in [6.07, 6.45) is -0.201. The Labute approximate surface area is 146 Å². The van der Waals surface area contributed by atoms with E-state index in [4.69, 9.17) is 9.16 Å². The highest BCUT2D eigenvalue weighted by atomic mass is 28.4. The maximum Gasteiger partial charge on any atom is 0.184 e. The number of ketones is 2. The highest BCUT2D eigenvalue weighted by molar-refractivity contribution is 6.69. The quantitative estimate of drug-likeness (QED) is 0.477. The van der Waals surface area contributed by atoms with Crippen LogP contribution in [-0.2, 0) is 9.16 Å². The maximum atomic E-state index is 13.2. The van der Waals surface area contributed by atoms with Gasteiger partial charge in [-0.1, -0.05) is 0 Å². The number of hydrogen-bond acceptors (Lipinski definition) is 6. The first-order valence-electron chi connectivity index (χ1n) is 8.53. The summed E-state index contributed by atoms with van der Waals surface area (Å²) in [7, 11) is -2.01. The van der Waals surface area contributed by atoms with Crippen molar-refractivity contribution in [2.75, 3.05) is 0 Å². The van der Waals surface area contributed by atoms with E-state index < -0.39 is 31.9 Å². The van der Waals surface area contributed by atoms with Crippen LogP contribution in [-0.4, -0.2) is 47.9 Å². The van der Waals surface area contributed by atoms with Gasteiger partial charge in [0.1, 0.15) is 17.1 Å². The minimum absolute atomic E-state index is 0.0674. The van der Waals surface area contributed by atoms with Gasteiger partial charge >= 0.3 is 0 Å². The van der Waals surface area contributed by atoms with Gasteiger partial charge in [-0.2, -0.15) is 0 Å². The summed E-state index contributed by atoms with van der Waals surface area (Å²) in [5.41, 5.74) is -0.721. The molecule has 0 radical (unpaired) electrons. The second kappa shape index (κ2) is 4.93. The molecule has 4 rings (SSSR count). The second-order valence-electron chi connectivity index (χ2n) is 8.39. The summed E-state index contributed by atoms with van der Waals surface area (Å²) in [5.74, 6) is -2.48. The summed E-state index contributed by atoms with van der Waals surface area (Å²) in [5, 5.41) is 20.3. The predicted octanol–water partition coefficient (Wildman–Crippen LogP) is 2.49. The fraction of sp³-hybridized carbons (Fsp3) is 0.556. The van der Waals surface area contributed by atoms with Crippen molar-refractivity contribution in [3.63, 3.8) is 0 Å². The van der Waals surface area contributed by atoms with Crippen LogP contribution in [0.15, 0.2) is 12.1 Å². The van der Waals surface area contributed by atoms with Crippen LogP contribution >= 0.6 is 0 Å². The number of epoxide rings is 1. The average Bonchev–Trinajstić information content (AvgIpc) is 3.17. The van der Waals surface area contributed by atoms with Gasteiger partial charge in [0, 0.05) is 5.92 Å². The van der Waals surface area contributed by atoms with Gasteiger partial charge < -0.3 is 19.4 Å². The molecule has 2 N–H and O–H groups in total. The zero-order valence-corrected chi connectivity index (χ0v) is 15.7. The molecular weight excluding hydrogens is 340 g/mol. The molecule has 6 nitrogen and oxygen atoms in total. The van der Waals surface area contributed by atoms with Crippen LogP contribution in [0.3, 0.4) is 0 Å². The molecule has 7 heteroatoms. The molecular formula is C18H22O6Si. The van der Waals surface area contributed by atoms with E-state index in [9.17, 15) is 19.8 Å². The van der Waals surface area contributed by atoms with E-state index in [1.807, 2.05) is 26.6 Å². The molecule has 3 aliphatic rings. The highest BCUT2D eigenvalue weighted by Gasteiger charge is 2.69. The Hall–Kier alpha value is -1.70. The third-order valence-electron chi connectivity index (χ3n) is 5.55. The molecule has 0 bridgehead atoms. The number of ether oxygens (including phenoxy) is 1. The van der Waals surface area contributed by atoms with E-state index in [1.54, 1.807) is 0 Å². The molecule has 1 heterocycles. The van der Waals surface area contributed by atoms with Gasteiger partial charge in [-0.3, -0.25) is 9.59 Å². The maximum absolute atomic E-state index is 13.2. The number of phenols is 2. The average molecular weight is 362 g/mol. The number of aromatic hydroxyl groups is 2. The molecule has 0 spiro atoms. The van der Waals surface area contributed by atoms with E-state index in [1.165, 1.54) is 12.1 Å². The van der Waals surface area contributed by atoms with Crippen molar-refractivity contribution < 1.29 is 29.0 Å². The fourth-order valence-corrected chi connectivity index (χ4v) is 5.49. The van der Waals surface area contributed by atoms with Crippen LogP contribution in [0.2, 0.25) is 19.6 Å². The van der Waals surface area contributed by atoms with Crippen molar-refractivity contribution in [2.45, 2.75) is 50.8 Å². The monoisotopic (exact) mass is 362 g/mol. The number of carbonyl (C=O) groups is 2. The van der Waals surface area contributed by atoms with Crippen LogP contribution < -0.4 is 0 Å². The molecule has 1 saturated carbocycles. The van der Waals surface area contributed by atoms with Crippen molar-refractivity contribution in [3.05, 3.63) is 23.3 Å². The fourth-order valence-electron chi connectivity index (χ4n) is 4.34. The standard InChI is InChI=1S/C18H22O6Si/c1-18-11(23-18)7-8-12(17(18)24-25(2,3)4)16(22)14-10(20)6-5-9(19)13(14)15(8)21/h5-6,8,11-12,17,19-20H,7H2,1-4H3/t8-,11-,12+,17-,18-/m0/s1. The Balaban J connectivity index is 1.86. The Morgan fingerprint density at radius 3 is 2.24 bits per heavy atom. The van der Waals surface area contributed by atoms with Crippen LogP contribution in [0.1, 0.15) is 34.1 Å². The third kappa shape index (κ3) is 2.29.